The van der Waals surface area contributed by atoms with Gasteiger partial charge in [-0.3, -0.25) is 4.79 Å². The zero-order valence-electron chi connectivity index (χ0n) is 17.3. The molecule has 1 aromatic carbocycles. The Morgan fingerprint density at radius 1 is 1.23 bits per heavy atom. The van der Waals surface area contributed by atoms with E-state index < -0.39 is 30.7 Å². The van der Waals surface area contributed by atoms with Crippen molar-refractivity contribution in [2.75, 3.05) is 0 Å². The minimum absolute atomic E-state index is 0.0546. The molecule has 3 rings (SSSR count). The zero-order valence-corrected chi connectivity index (χ0v) is 17.3. The monoisotopic (exact) mass is 421 g/mol. The molecule has 5 N–H and O–H groups in total. The lowest BCUT2D eigenvalue weighted by molar-refractivity contribution is -0.129. The second-order valence-electron chi connectivity index (χ2n) is 8.17. The molecule has 1 heterocycles. The molecule has 1 aliphatic carbocycles. The third kappa shape index (κ3) is 5.31. The van der Waals surface area contributed by atoms with Crippen molar-refractivity contribution in [3.05, 3.63) is 29.3 Å². The molecule has 0 spiro atoms. The van der Waals surface area contributed by atoms with Crippen LogP contribution in [0.1, 0.15) is 51.5 Å². The minimum atomic E-state index is -1.37. The van der Waals surface area contributed by atoms with Crippen LogP contribution in [0.25, 0.3) is 6.08 Å². The first-order valence-electron chi connectivity index (χ1n) is 10.4. The molecule has 2 fully saturated rings. The van der Waals surface area contributed by atoms with Gasteiger partial charge in [-0.1, -0.05) is 25.3 Å². The first kappa shape index (κ1) is 22.6. The fourth-order valence-corrected chi connectivity index (χ4v) is 3.88. The summed E-state index contributed by atoms with van der Waals surface area (Å²) in [4.78, 5) is 12.4. The normalized spacial score (nSPS) is 28.9. The van der Waals surface area contributed by atoms with Gasteiger partial charge in [0, 0.05) is 11.6 Å². The Hall–Kier alpha value is -2.13. The summed E-state index contributed by atoms with van der Waals surface area (Å²) in [5.41, 5.74) is 1.15. The maximum atomic E-state index is 12.4. The van der Waals surface area contributed by atoms with Gasteiger partial charge in [-0.2, -0.15) is 0 Å². The van der Waals surface area contributed by atoms with Gasteiger partial charge >= 0.3 is 0 Å². The fourth-order valence-electron chi connectivity index (χ4n) is 3.88. The number of aliphatic hydroxyl groups excluding tert-OH is 3. The number of hydrogen-bond donors (Lipinski definition) is 5. The van der Waals surface area contributed by atoms with Gasteiger partial charge in [0.25, 0.3) is 0 Å². The number of rotatable bonds is 6. The molecule has 1 amide bonds. The Morgan fingerprint density at radius 2 is 1.93 bits per heavy atom. The number of phenolic OH excluding ortho intramolecular Hbond substituents is 1. The molecule has 166 valence electrons. The van der Waals surface area contributed by atoms with Gasteiger partial charge in [0.05, 0.1) is 6.10 Å². The molecule has 1 aliphatic heterocycles. The zero-order chi connectivity index (χ0) is 21.8. The topological polar surface area (TPSA) is 128 Å². The number of hydrogen-bond acceptors (Lipinski definition) is 7. The van der Waals surface area contributed by atoms with Crippen LogP contribution in [-0.4, -0.2) is 63.1 Å². The van der Waals surface area contributed by atoms with Crippen LogP contribution in [0.4, 0.5) is 0 Å². The molecule has 0 bridgehead atoms. The van der Waals surface area contributed by atoms with E-state index in [2.05, 4.69) is 5.32 Å². The number of benzene rings is 1. The summed E-state index contributed by atoms with van der Waals surface area (Å²) in [5, 5.41) is 42.9. The summed E-state index contributed by atoms with van der Waals surface area (Å²) in [6.45, 7) is 3.16. The quantitative estimate of drug-likeness (QED) is 0.440. The largest absolute Gasteiger partial charge is 0.504 e. The molecular weight excluding hydrogens is 390 g/mol. The summed E-state index contributed by atoms with van der Waals surface area (Å²) < 4.78 is 10.8. The molecule has 5 atom stereocenters. The average Bonchev–Trinajstić information content (AvgIpc) is 2.99. The lowest BCUT2D eigenvalue weighted by Gasteiger charge is -2.22. The fraction of sp³-hybridized carbons (Fsp3) is 0.591. The molecule has 1 saturated carbocycles. The Kier molecular flexibility index (Phi) is 7.36. The van der Waals surface area contributed by atoms with E-state index in [-0.39, 0.29) is 23.4 Å². The molecule has 2 aliphatic rings. The van der Waals surface area contributed by atoms with Crippen LogP contribution in [0.15, 0.2) is 23.8 Å². The number of nitrogens with one attached hydrogen (secondary N) is 1. The lowest BCUT2D eigenvalue weighted by atomic mass is 9.95. The highest BCUT2D eigenvalue weighted by Crippen LogP contribution is 2.32. The Bertz CT molecular complexity index is 773. The van der Waals surface area contributed by atoms with Gasteiger partial charge in [0.2, 0.25) is 12.2 Å². The molecule has 30 heavy (non-hydrogen) atoms. The summed E-state index contributed by atoms with van der Waals surface area (Å²) in [6.07, 6.45) is 1.30. The van der Waals surface area contributed by atoms with Crippen molar-refractivity contribution in [1.82, 2.24) is 5.32 Å². The molecule has 1 saturated heterocycles. The van der Waals surface area contributed by atoms with Crippen molar-refractivity contribution in [2.45, 2.75) is 82.7 Å². The van der Waals surface area contributed by atoms with Crippen molar-refractivity contribution in [2.24, 2.45) is 0 Å². The molecule has 0 radical (unpaired) electrons. The number of phenols is 1. The predicted octanol–water partition coefficient (Wildman–Crippen LogP) is 1.45. The highest BCUT2D eigenvalue weighted by Gasteiger charge is 2.46. The smallest absolute Gasteiger partial charge is 0.247 e. The summed E-state index contributed by atoms with van der Waals surface area (Å²) >= 11 is 0. The van der Waals surface area contributed by atoms with Gasteiger partial charge in [-0.25, -0.2) is 0 Å². The SMILES string of the molecule is C/C(=C\c1ccc(O[C@@H]2O[C@H]([C@H](C)O)[C@@H](O)[C@@H]2O)c(O)c1)C(=O)NC1CCCCC1. The van der Waals surface area contributed by atoms with Crippen LogP contribution in [-0.2, 0) is 9.53 Å². The first-order chi connectivity index (χ1) is 14.3. The maximum absolute atomic E-state index is 12.4. The van der Waals surface area contributed by atoms with Crippen molar-refractivity contribution in [1.29, 1.82) is 0 Å². The number of ether oxygens (including phenoxy) is 2. The van der Waals surface area contributed by atoms with Gasteiger partial charge in [0.1, 0.15) is 18.3 Å². The third-order valence-corrected chi connectivity index (χ3v) is 5.64. The molecule has 1 aromatic rings. The molecular formula is C22H31NO7. The van der Waals surface area contributed by atoms with E-state index in [0.717, 1.165) is 25.7 Å². The molecule has 8 nitrogen and oxygen atoms in total. The van der Waals surface area contributed by atoms with Crippen molar-refractivity contribution >= 4 is 12.0 Å². The van der Waals surface area contributed by atoms with E-state index in [1.54, 1.807) is 19.1 Å². The second kappa shape index (κ2) is 9.78. The van der Waals surface area contributed by atoms with Gasteiger partial charge < -0.3 is 35.2 Å². The number of amides is 1. The number of carbonyl (C=O) groups is 1. The maximum Gasteiger partial charge on any atom is 0.247 e. The van der Waals surface area contributed by atoms with E-state index in [1.165, 1.54) is 25.5 Å². The van der Waals surface area contributed by atoms with Crippen LogP contribution in [0.5, 0.6) is 11.5 Å². The molecule has 8 heteroatoms. The van der Waals surface area contributed by atoms with E-state index in [0.29, 0.717) is 11.1 Å². The molecule has 0 unspecified atom stereocenters. The number of aromatic hydroxyl groups is 1. The van der Waals surface area contributed by atoms with Crippen LogP contribution in [0, 0.1) is 0 Å². The van der Waals surface area contributed by atoms with E-state index in [4.69, 9.17) is 9.47 Å². The average molecular weight is 421 g/mol. The highest BCUT2D eigenvalue weighted by atomic mass is 16.7. The second-order valence-corrected chi connectivity index (χ2v) is 8.17. The number of carbonyl (C=O) groups excluding carboxylic acids is 1. The van der Waals surface area contributed by atoms with Crippen LogP contribution in [0.2, 0.25) is 0 Å². The van der Waals surface area contributed by atoms with Gasteiger partial charge in [0.15, 0.2) is 11.5 Å². The Labute approximate surface area is 176 Å². The summed E-state index contributed by atoms with van der Waals surface area (Å²) in [6, 6.07) is 4.82. The minimum Gasteiger partial charge on any atom is -0.504 e. The lowest BCUT2D eigenvalue weighted by Crippen LogP contribution is -2.38. The highest BCUT2D eigenvalue weighted by molar-refractivity contribution is 5.97. The van der Waals surface area contributed by atoms with E-state index in [9.17, 15) is 25.2 Å². The standard InChI is InChI=1S/C22H31NO7/c1-12(21(28)23-15-6-4-3-5-7-15)10-14-8-9-17(16(25)11-14)29-22-19(27)18(26)20(30-22)13(2)24/h8-11,13,15,18-20,22,24-27H,3-7H2,1-2H3,(H,23,28)/b12-10+/t13-,18-,19-,20+,22+/m0/s1. The van der Waals surface area contributed by atoms with Crippen molar-refractivity contribution in [3.8, 4) is 11.5 Å². The van der Waals surface area contributed by atoms with Crippen molar-refractivity contribution in [3.63, 3.8) is 0 Å². The Morgan fingerprint density at radius 3 is 2.53 bits per heavy atom. The van der Waals surface area contributed by atoms with E-state index >= 15 is 0 Å². The van der Waals surface area contributed by atoms with E-state index in [1.807, 2.05) is 0 Å². The van der Waals surface area contributed by atoms with Crippen LogP contribution in [0.3, 0.4) is 0 Å². The number of aliphatic hydroxyl groups is 3. The first-order valence-corrected chi connectivity index (χ1v) is 10.4. The van der Waals surface area contributed by atoms with Crippen molar-refractivity contribution < 1.29 is 34.7 Å². The van der Waals surface area contributed by atoms with Crippen LogP contribution >= 0.6 is 0 Å². The molecule has 0 aromatic heterocycles. The predicted molar refractivity (Wildman–Crippen MR) is 110 cm³/mol. The summed E-state index contributed by atoms with van der Waals surface area (Å²) in [7, 11) is 0. The third-order valence-electron chi connectivity index (χ3n) is 5.64. The van der Waals surface area contributed by atoms with Crippen LogP contribution < -0.4 is 10.1 Å². The van der Waals surface area contributed by atoms with Gasteiger partial charge in [-0.15, -0.1) is 0 Å². The Balaban J connectivity index is 1.63. The van der Waals surface area contributed by atoms with Gasteiger partial charge in [-0.05, 0) is 50.5 Å². The summed E-state index contributed by atoms with van der Waals surface area (Å²) in [5.74, 6) is -0.267.